The van der Waals surface area contributed by atoms with Crippen molar-refractivity contribution in [2.75, 3.05) is 6.26 Å². The molecule has 0 spiro atoms. The highest BCUT2D eigenvalue weighted by molar-refractivity contribution is 7.97. The number of fused-ring (bicyclic) bond motifs is 1. The first-order valence-electron chi connectivity index (χ1n) is 5.90. The van der Waals surface area contributed by atoms with E-state index in [1.54, 1.807) is 16.3 Å². The number of hydrogen-bond donors (Lipinski definition) is 0. The highest BCUT2D eigenvalue weighted by atomic mass is 35.5. The Bertz CT molecular complexity index is 763. The van der Waals surface area contributed by atoms with E-state index in [0.29, 0.717) is 0 Å². The van der Waals surface area contributed by atoms with Crippen LogP contribution in [0.2, 0.25) is 5.02 Å². The summed E-state index contributed by atoms with van der Waals surface area (Å²) < 4.78 is 1.80. The Balaban J connectivity index is 1.89. The average molecular weight is 323 g/mol. The van der Waals surface area contributed by atoms with Crippen LogP contribution in [0.4, 0.5) is 0 Å². The Morgan fingerprint density at radius 3 is 2.95 bits per heavy atom. The molecule has 0 radical (unpaired) electrons. The molecule has 1 aromatic carbocycles. The first kappa shape index (κ1) is 13.6. The largest absolute Gasteiger partial charge is 0.234 e. The van der Waals surface area contributed by atoms with Gasteiger partial charge in [0, 0.05) is 5.02 Å². The molecule has 0 N–H and O–H groups in total. The van der Waals surface area contributed by atoms with E-state index in [1.807, 2.05) is 42.7 Å². The Hall–Kier alpha value is -1.37. The number of rotatable bonds is 4. The minimum atomic E-state index is 0.731. The average Bonchev–Trinajstić information content (AvgIpc) is 3.00. The molecular weight excluding hydrogens is 312 g/mol. The molecule has 0 fully saturated rings. The first-order chi connectivity index (χ1) is 9.78. The fourth-order valence-corrected chi connectivity index (χ4v) is 3.13. The maximum absolute atomic E-state index is 6.12. The van der Waals surface area contributed by atoms with Gasteiger partial charge in [-0.3, -0.25) is 0 Å². The number of benzene rings is 1. The molecule has 2 heterocycles. The van der Waals surface area contributed by atoms with Crippen LogP contribution in [-0.4, -0.2) is 26.1 Å². The summed E-state index contributed by atoms with van der Waals surface area (Å²) in [6.45, 7) is 0. The molecule has 0 aliphatic rings. The number of nitrogens with zero attached hydrogens (tertiary/aromatic N) is 4. The molecule has 3 aromatic rings. The second-order valence-corrected chi connectivity index (χ2v) is 6.30. The predicted octanol–water partition coefficient (Wildman–Crippen LogP) is 3.87. The maximum Gasteiger partial charge on any atom is 0.234 e. The number of hydrogen-bond acceptors (Lipinski definition) is 5. The van der Waals surface area contributed by atoms with E-state index in [0.717, 1.165) is 32.1 Å². The van der Waals surface area contributed by atoms with Crippen molar-refractivity contribution in [3.05, 3.63) is 45.7 Å². The van der Waals surface area contributed by atoms with Crippen molar-refractivity contribution in [1.29, 1.82) is 0 Å². The van der Waals surface area contributed by atoms with Crippen LogP contribution in [0.5, 0.6) is 0 Å². The lowest BCUT2D eigenvalue weighted by molar-refractivity contribution is 0.881. The number of aromatic nitrogens is 4. The summed E-state index contributed by atoms with van der Waals surface area (Å²) in [5.41, 5.74) is 0.976. The fourth-order valence-electron chi connectivity index (χ4n) is 1.73. The summed E-state index contributed by atoms with van der Waals surface area (Å²) in [6, 6.07) is 7.72. The number of thioether (sulfide) groups is 1. The molecule has 4 nitrogen and oxygen atoms in total. The Labute approximate surface area is 129 Å². The third-order valence-electron chi connectivity index (χ3n) is 2.66. The molecular formula is C13H11ClN4S2. The minimum Gasteiger partial charge on any atom is -0.186 e. The minimum absolute atomic E-state index is 0.731. The molecule has 0 amide bonds. The lowest BCUT2D eigenvalue weighted by Crippen LogP contribution is -1.93. The standard InChI is InChI=1S/C13H11ClN4S2/c1-19-8-11-15-16-13-18(11)17-12(20-13)7-6-9-4-2-3-5-10(9)14/h2-7H,8H2,1H3. The predicted molar refractivity (Wildman–Crippen MR) is 86.3 cm³/mol. The summed E-state index contributed by atoms with van der Waals surface area (Å²) in [5.74, 6) is 1.68. The smallest absolute Gasteiger partial charge is 0.186 e. The molecule has 0 aliphatic heterocycles. The van der Waals surface area contributed by atoms with Gasteiger partial charge in [-0.2, -0.15) is 21.4 Å². The van der Waals surface area contributed by atoms with Crippen molar-refractivity contribution < 1.29 is 0 Å². The van der Waals surface area contributed by atoms with Crippen molar-refractivity contribution in [3.63, 3.8) is 0 Å². The maximum atomic E-state index is 6.12. The summed E-state index contributed by atoms with van der Waals surface area (Å²) >= 11 is 9.33. The first-order valence-corrected chi connectivity index (χ1v) is 8.49. The van der Waals surface area contributed by atoms with Crippen LogP contribution < -0.4 is 0 Å². The van der Waals surface area contributed by atoms with Crippen LogP contribution in [0, 0.1) is 0 Å². The topological polar surface area (TPSA) is 43.1 Å². The van der Waals surface area contributed by atoms with Crippen molar-refractivity contribution in [2.24, 2.45) is 0 Å². The van der Waals surface area contributed by atoms with Gasteiger partial charge in [-0.25, -0.2) is 0 Å². The van der Waals surface area contributed by atoms with Gasteiger partial charge in [-0.05, 0) is 24.0 Å². The van der Waals surface area contributed by atoms with E-state index in [9.17, 15) is 0 Å². The zero-order chi connectivity index (χ0) is 13.9. The third kappa shape index (κ3) is 2.72. The van der Waals surface area contributed by atoms with Crippen molar-refractivity contribution in [3.8, 4) is 0 Å². The normalized spacial score (nSPS) is 11.7. The van der Waals surface area contributed by atoms with E-state index < -0.39 is 0 Å². The van der Waals surface area contributed by atoms with Crippen molar-refractivity contribution in [1.82, 2.24) is 19.8 Å². The van der Waals surface area contributed by atoms with Crippen LogP contribution >= 0.6 is 34.7 Å². The summed E-state index contributed by atoms with van der Waals surface area (Å²) in [6.07, 6.45) is 5.94. The third-order valence-corrected chi connectivity index (χ3v) is 4.41. The Morgan fingerprint density at radius 1 is 1.30 bits per heavy atom. The van der Waals surface area contributed by atoms with Gasteiger partial charge >= 0.3 is 0 Å². The summed E-state index contributed by atoms with van der Waals surface area (Å²) in [5, 5.41) is 14.4. The van der Waals surface area contributed by atoms with Gasteiger partial charge in [0.15, 0.2) is 5.82 Å². The lowest BCUT2D eigenvalue weighted by atomic mass is 10.2. The van der Waals surface area contributed by atoms with E-state index >= 15 is 0 Å². The van der Waals surface area contributed by atoms with E-state index in [1.165, 1.54) is 11.3 Å². The molecule has 0 atom stereocenters. The SMILES string of the molecule is CSCc1nnc2sc(C=Cc3ccccc3Cl)nn12. The van der Waals surface area contributed by atoms with E-state index in [2.05, 4.69) is 15.3 Å². The molecule has 0 saturated heterocycles. The van der Waals surface area contributed by atoms with E-state index in [4.69, 9.17) is 11.6 Å². The van der Waals surface area contributed by atoms with E-state index in [-0.39, 0.29) is 0 Å². The molecule has 0 aliphatic carbocycles. The molecule has 102 valence electrons. The fraction of sp³-hybridized carbons (Fsp3) is 0.154. The highest BCUT2D eigenvalue weighted by Gasteiger charge is 2.09. The highest BCUT2D eigenvalue weighted by Crippen LogP contribution is 2.21. The van der Waals surface area contributed by atoms with Gasteiger partial charge in [-0.1, -0.05) is 47.2 Å². The van der Waals surface area contributed by atoms with Crippen LogP contribution in [0.15, 0.2) is 24.3 Å². The summed E-state index contributed by atoms with van der Waals surface area (Å²) in [4.78, 5) is 0.813. The van der Waals surface area contributed by atoms with Crippen LogP contribution in [0.3, 0.4) is 0 Å². The van der Waals surface area contributed by atoms with Crippen LogP contribution in [0.1, 0.15) is 16.4 Å². The van der Waals surface area contributed by atoms with Crippen LogP contribution in [-0.2, 0) is 5.75 Å². The van der Waals surface area contributed by atoms with Crippen molar-refractivity contribution >= 4 is 51.8 Å². The second-order valence-electron chi connectivity index (χ2n) is 4.04. The molecule has 0 bridgehead atoms. The molecule has 20 heavy (non-hydrogen) atoms. The molecule has 0 unspecified atom stereocenters. The summed E-state index contributed by atoms with van der Waals surface area (Å²) in [7, 11) is 0. The van der Waals surface area contributed by atoms with Gasteiger partial charge in [-0.15, -0.1) is 10.2 Å². The van der Waals surface area contributed by atoms with Gasteiger partial charge in [0.25, 0.3) is 0 Å². The monoisotopic (exact) mass is 322 g/mol. The molecule has 7 heteroatoms. The van der Waals surface area contributed by atoms with Gasteiger partial charge in [0.05, 0.1) is 5.75 Å². The molecule has 2 aromatic heterocycles. The van der Waals surface area contributed by atoms with Gasteiger partial charge < -0.3 is 0 Å². The van der Waals surface area contributed by atoms with Gasteiger partial charge in [0.1, 0.15) is 5.01 Å². The zero-order valence-corrected chi connectivity index (χ0v) is 13.0. The Kier molecular flexibility index (Phi) is 4.05. The zero-order valence-electron chi connectivity index (χ0n) is 10.7. The lowest BCUT2D eigenvalue weighted by Gasteiger charge is -1.95. The molecule has 3 rings (SSSR count). The van der Waals surface area contributed by atoms with Crippen LogP contribution in [0.25, 0.3) is 17.1 Å². The molecule has 0 saturated carbocycles. The Morgan fingerprint density at radius 2 is 2.15 bits per heavy atom. The second kappa shape index (κ2) is 5.95. The number of halogens is 1. The van der Waals surface area contributed by atoms with Crippen molar-refractivity contribution in [2.45, 2.75) is 5.75 Å². The quantitative estimate of drug-likeness (QED) is 0.731. The van der Waals surface area contributed by atoms with Gasteiger partial charge in [0.2, 0.25) is 4.96 Å².